The van der Waals surface area contributed by atoms with Crippen molar-refractivity contribution in [3.05, 3.63) is 128 Å². The molecule has 0 saturated carbocycles. The zero-order valence-corrected chi connectivity index (χ0v) is 21.3. The maximum Gasteiger partial charge on any atom is 0.124 e. The topological polar surface area (TPSA) is 65.2 Å². The minimum Gasteiger partial charge on any atom is -0.507 e. The van der Waals surface area contributed by atoms with Crippen molar-refractivity contribution in [3.63, 3.8) is 0 Å². The lowest BCUT2D eigenvalue weighted by Gasteiger charge is -2.22. The van der Waals surface area contributed by atoms with Crippen molar-refractivity contribution in [1.29, 1.82) is 0 Å². The van der Waals surface area contributed by atoms with Crippen LogP contribution in [0.2, 0.25) is 0 Å². The molecule has 4 nitrogen and oxygen atoms in total. The Morgan fingerprint density at radius 1 is 0.559 bits per heavy atom. The fourth-order valence-corrected chi connectivity index (χ4v) is 4.34. The number of hydrogen-bond donors (Lipinski definition) is 2. The molecule has 4 aromatic rings. The normalized spacial score (nSPS) is 13.4. The van der Waals surface area contributed by atoms with Crippen molar-refractivity contribution in [2.75, 3.05) is 0 Å². The van der Waals surface area contributed by atoms with E-state index in [4.69, 9.17) is 9.98 Å². The summed E-state index contributed by atoms with van der Waals surface area (Å²) >= 11 is 6.91. The number of benzene rings is 4. The van der Waals surface area contributed by atoms with Crippen LogP contribution >= 0.6 is 31.9 Å². The molecule has 0 aliphatic heterocycles. The van der Waals surface area contributed by atoms with E-state index >= 15 is 0 Å². The molecular weight excluding hydrogens is 556 g/mol. The molecular formula is C28H22Br2N2O2. The van der Waals surface area contributed by atoms with Crippen LogP contribution in [0.15, 0.2) is 116 Å². The first kappa shape index (κ1) is 23.9. The van der Waals surface area contributed by atoms with Gasteiger partial charge in [0, 0.05) is 32.5 Å². The van der Waals surface area contributed by atoms with E-state index in [1.807, 2.05) is 72.8 Å². The van der Waals surface area contributed by atoms with Gasteiger partial charge in [0.2, 0.25) is 0 Å². The van der Waals surface area contributed by atoms with Gasteiger partial charge in [0.1, 0.15) is 23.6 Å². The number of phenols is 2. The third kappa shape index (κ3) is 6.01. The summed E-state index contributed by atoms with van der Waals surface area (Å²) in [6, 6.07) is 29.6. The summed E-state index contributed by atoms with van der Waals surface area (Å²) in [7, 11) is 0. The molecule has 4 rings (SSSR count). The molecule has 6 heteroatoms. The third-order valence-corrected chi connectivity index (χ3v) is 6.30. The second-order valence-electron chi connectivity index (χ2n) is 7.67. The molecule has 34 heavy (non-hydrogen) atoms. The summed E-state index contributed by atoms with van der Waals surface area (Å²) in [5.74, 6) is 0.301. The second kappa shape index (κ2) is 11.3. The van der Waals surface area contributed by atoms with Crippen LogP contribution in [0.3, 0.4) is 0 Å². The predicted molar refractivity (Wildman–Crippen MR) is 145 cm³/mol. The molecule has 0 amide bonds. The maximum absolute atomic E-state index is 10.3. The van der Waals surface area contributed by atoms with E-state index in [1.165, 1.54) is 0 Å². The van der Waals surface area contributed by atoms with E-state index in [9.17, 15) is 10.2 Å². The van der Waals surface area contributed by atoms with Crippen LogP contribution in [0, 0.1) is 0 Å². The summed E-state index contributed by atoms with van der Waals surface area (Å²) in [5.41, 5.74) is 3.18. The smallest absolute Gasteiger partial charge is 0.124 e. The van der Waals surface area contributed by atoms with Crippen molar-refractivity contribution >= 4 is 44.3 Å². The molecule has 0 heterocycles. The highest BCUT2D eigenvalue weighted by Crippen LogP contribution is 2.36. The average Bonchev–Trinajstić information content (AvgIpc) is 2.86. The van der Waals surface area contributed by atoms with E-state index in [0.717, 1.165) is 20.1 Å². The number of phenolic OH excluding ortho intramolecular Hbond substituents is 2. The molecule has 0 aliphatic carbocycles. The minimum absolute atomic E-state index is 0.151. The van der Waals surface area contributed by atoms with Crippen LogP contribution in [0.5, 0.6) is 11.5 Å². The number of aromatic hydroxyl groups is 2. The Morgan fingerprint density at radius 2 is 0.941 bits per heavy atom. The quantitative estimate of drug-likeness (QED) is 0.222. The van der Waals surface area contributed by atoms with Gasteiger partial charge in [0.05, 0.1) is 0 Å². The highest BCUT2D eigenvalue weighted by atomic mass is 79.9. The van der Waals surface area contributed by atoms with Gasteiger partial charge in [-0.3, -0.25) is 9.98 Å². The summed E-state index contributed by atoms with van der Waals surface area (Å²) in [6.45, 7) is 0. The highest BCUT2D eigenvalue weighted by molar-refractivity contribution is 9.10. The second-order valence-corrected chi connectivity index (χ2v) is 9.51. The lowest BCUT2D eigenvalue weighted by atomic mass is 9.94. The molecule has 2 atom stereocenters. The fraction of sp³-hybridized carbons (Fsp3) is 0.0714. The van der Waals surface area contributed by atoms with E-state index in [2.05, 4.69) is 31.9 Å². The zero-order chi connectivity index (χ0) is 23.9. The van der Waals surface area contributed by atoms with Crippen molar-refractivity contribution in [1.82, 2.24) is 0 Å². The molecule has 170 valence electrons. The molecule has 0 unspecified atom stereocenters. The molecule has 0 bridgehead atoms. The monoisotopic (exact) mass is 576 g/mol. The van der Waals surface area contributed by atoms with Crippen LogP contribution in [-0.4, -0.2) is 22.6 Å². The highest BCUT2D eigenvalue weighted by Gasteiger charge is 2.23. The Kier molecular flexibility index (Phi) is 7.93. The molecule has 0 aromatic heterocycles. The van der Waals surface area contributed by atoms with Gasteiger partial charge in [-0.15, -0.1) is 0 Å². The van der Waals surface area contributed by atoms with E-state index in [-0.39, 0.29) is 23.6 Å². The van der Waals surface area contributed by atoms with Gasteiger partial charge < -0.3 is 10.2 Å². The maximum atomic E-state index is 10.3. The first-order chi connectivity index (χ1) is 16.5. The Bertz CT molecular complexity index is 1210. The van der Waals surface area contributed by atoms with Gasteiger partial charge in [-0.05, 0) is 47.5 Å². The largest absolute Gasteiger partial charge is 0.507 e. The fourth-order valence-electron chi connectivity index (χ4n) is 3.58. The summed E-state index contributed by atoms with van der Waals surface area (Å²) in [6.07, 6.45) is 3.36. The number of halogens is 2. The van der Waals surface area contributed by atoms with Crippen LogP contribution in [0.1, 0.15) is 34.3 Å². The van der Waals surface area contributed by atoms with Crippen molar-refractivity contribution in [2.45, 2.75) is 12.1 Å². The predicted octanol–water partition coefficient (Wildman–Crippen LogP) is 7.64. The summed E-state index contributed by atoms with van der Waals surface area (Å²) < 4.78 is 1.71. The molecule has 0 fully saturated rings. The third-order valence-electron chi connectivity index (χ3n) is 5.31. The lowest BCUT2D eigenvalue weighted by molar-refractivity contribution is 0.473. The minimum atomic E-state index is -0.368. The zero-order valence-electron chi connectivity index (χ0n) is 18.1. The van der Waals surface area contributed by atoms with Crippen LogP contribution < -0.4 is 0 Å². The van der Waals surface area contributed by atoms with Crippen molar-refractivity contribution < 1.29 is 10.2 Å². The first-order valence-electron chi connectivity index (χ1n) is 10.6. The lowest BCUT2D eigenvalue weighted by Crippen LogP contribution is -2.09. The van der Waals surface area contributed by atoms with Gasteiger partial charge in [-0.25, -0.2) is 0 Å². The van der Waals surface area contributed by atoms with Gasteiger partial charge in [0.25, 0.3) is 0 Å². The van der Waals surface area contributed by atoms with E-state index < -0.39 is 0 Å². The van der Waals surface area contributed by atoms with Crippen LogP contribution in [-0.2, 0) is 0 Å². The molecule has 2 N–H and O–H groups in total. The van der Waals surface area contributed by atoms with Gasteiger partial charge in [0.15, 0.2) is 0 Å². The molecule has 0 radical (unpaired) electrons. The van der Waals surface area contributed by atoms with Crippen LogP contribution in [0.25, 0.3) is 0 Å². The number of rotatable bonds is 7. The Hall–Kier alpha value is -3.22. The summed E-state index contributed by atoms with van der Waals surface area (Å²) in [5, 5.41) is 20.6. The Labute approximate surface area is 215 Å². The average molecular weight is 578 g/mol. The van der Waals surface area contributed by atoms with Crippen molar-refractivity contribution in [2.24, 2.45) is 9.98 Å². The standard InChI is InChI=1S/C28H22Br2N2O2/c29-23-11-13-25(33)21(15-23)17-31-27(19-7-3-1-4-8-19)28(20-9-5-2-6-10-20)32-18-22-16-24(30)12-14-26(22)34/h1-18,27-28,33-34H/t27-,28+. The SMILES string of the molecule is Oc1ccc(Br)cc1C=N[C@H](c1ccccc1)[C@@H](N=Cc1cc(Br)ccc1O)c1ccccc1. The number of nitrogens with zero attached hydrogens (tertiary/aromatic N) is 2. The van der Waals surface area contributed by atoms with Gasteiger partial charge in [-0.2, -0.15) is 0 Å². The van der Waals surface area contributed by atoms with Gasteiger partial charge >= 0.3 is 0 Å². The Morgan fingerprint density at radius 3 is 1.32 bits per heavy atom. The van der Waals surface area contributed by atoms with Crippen LogP contribution in [0.4, 0.5) is 0 Å². The molecule has 0 aliphatic rings. The first-order valence-corrected chi connectivity index (χ1v) is 12.2. The number of hydrogen-bond acceptors (Lipinski definition) is 4. The molecule has 0 spiro atoms. The van der Waals surface area contributed by atoms with Gasteiger partial charge in [-0.1, -0.05) is 92.5 Å². The number of aliphatic imine (C=N–C) groups is 2. The van der Waals surface area contributed by atoms with Crippen molar-refractivity contribution in [3.8, 4) is 11.5 Å². The molecule has 4 aromatic carbocycles. The summed E-state index contributed by atoms with van der Waals surface area (Å²) in [4.78, 5) is 9.81. The molecule has 0 saturated heterocycles. The Balaban J connectivity index is 1.81. The van der Waals surface area contributed by atoms with E-state index in [1.54, 1.807) is 36.7 Å². The van der Waals surface area contributed by atoms with E-state index in [0.29, 0.717) is 11.1 Å².